The summed E-state index contributed by atoms with van der Waals surface area (Å²) in [5, 5.41) is 7.19. The van der Waals surface area contributed by atoms with Gasteiger partial charge >= 0.3 is 6.03 Å². The number of thiophene rings is 1. The average Bonchev–Trinajstić information content (AvgIpc) is 3.00. The molecule has 2 amide bonds. The van der Waals surface area contributed by atoms with Crippen molar-refractivity contribution >= 4 is 17.4 Å². The lowest BCUT2D eigenvalue weighted by atomic mass is 10.1. The van der Waals surface area contributed by atoms with Gasteiger partial charge in [0.15, 0.2) is 0 Å². The first-order chi connectivity index (χ1) is 10.6. The molecule has 0 unspecified atom stereocenters. The summed E-state index contributed by atoms with van der Waals surface area (Å²) in [6.45, 7) is 7.47. The molecule has 1 N–H and O–H groups in total. The fourth-order valence-corrected chi connectivity index (χ4v) is 3.08. The molecule has 0 radical (unpaired) electrons. The van der Waals surface area contributed by atoms with Crippen LogP contribution in [0.5, 0.6) is 0 Å². The maximum Gasteiger partial charge on any atom is 0.318 e. The highest BCUT2D eigenvalue weighted by Crippen LogP contribution is 2.15. The van der Waals surface area contributed by atoms with Gasteiger partial charge in [-0.05, 0) is 54.3 Å². The quantitative estimate of drug-likeness (QED) is 0.870. The highest BCUT2D eigenvalue weighted by atomic mass is 32.1. The van der Waals surface area contributed by atoms with Gasteiger partial charge in [0.2, 0.25) is 0 Å². The molecule has 1 atom stereocenters. The van der Waals surface area contributed by atoms with Crippen LogP contribution in [0.15, 0.2) is 35.2 Å². The highest BCUT2D eigenvalue weighted by molar-refractivity contribution is 7.07. The summed E-state index contributed by atoms with van der Waals surface area (Å²) in [6, 6.07) is 5.85. The molecule has 4 nitrogen and oxygen atoms in total. The first-order valence-electron chi connectivity index (χ1n) is 7.59. The van der Waals surface area contributed by atoms with Gasteiger partial charge in [-0.15, -0.1) is 0 Å². The summed E-state index contributed by atoms with van der Waals surface area (Å²) in [6.07, 6.45) is 2.70. The number of pyridine rings is 1. The van der Waals surface area contributed by atoms with E-state index in [0.717, 1.165) is 24.2 Å². The van der Waals surface area contributed by atoms with Gasteiger partial charge in [-0.2, -0.15) is 11.3 Å². The molecule has 0 aliphatic heterocycles. The van der Waals surface area contributed by atoms with Crippen LogP contribution in [0.3, 0.4) is 0 Å². The molecule has 2 heterocycles. The van der Waals surface area contributed by atoms with Gasteiger partial charge in [0.25, 0.3) is 0 Å². The summed E-state index contributed by atoms with van der Waals surface area (Å²) < 4.78 is 0. The number of carbonyl (C=O) groups excluding carboxylic acids is 1. The molecule has 0 aliphatic rings. The minimum atomic E-state index is -0.101. The molecule has 0 spiro atoms. The predicted molar refractivity (Wildman–Crippen MR) is 90.9 cm³/mol. The van der Waals surface area contributed by atoms with Crippen LogP contribution < -0.4 is 5.32 Å². The largest absolute Gasteiger partial charge is 0.330 e. The van der Waals surface area contributed by atoms with Gasteiger partial charge in [-0.25, -0.2) is 4.79 Å². The first kappa shape index (κ1) is 16.5. The predicted octanol–water partition coefficient (Wildman–Crippen LogP) is 4.13. The molecular weight excluding hydrogens is 294 g/mol. The Morgan fingerprint density at radius 1 is 1.45 bits per heavy atom. The van der Waals surface area contributed by atoms with Crippen molar-refractivity contribution in [2.24, 2.45) is 0 Å². The van der Waals surface area contributed by atoms with Crippen molar-refractivity contribution in [2.75, 3.05) is 6.54 Å². The monoisotopic (exact) mass is 317 g/mol. The standard InChI is InChI=1S/C17H23N3OS/c1-4-9-20(11-15-7-10-22-12-15)17(21)19-14(3)16-13(2)6-5-8-18-16/h5-8,10,12,14H,4,9,11H2,1-3H3,(H,19,21)/t14-/m1/s1. The zero-order valence-electron chi connectivity index (χ0n) is 13.4. The van der Waals surface area contributed by atoms with Crippen molar-refractivity contribution in [1.29, 1.82) is 0 Å². The number of carbonyl (C=O) groups is 1. The molecule has 2 aromatic rings. The molecule has 0 aromatic carbocycles. The molecule has 0 aliphatic carbocycles. The van der Waals surface area contributed by atoms with E-state index in [1.54, 1.807) is 17.5 Å². The van der Waals surface area contributed by atoms with Gasteiger partial charge in [0.05, 0.1) is 11.7 Å². The Balaban J connectivity index is 2.02. The number of urea groups is 1. The number of nitrogens with zero attached hydrogens (tertiary/aromatic N) is 2. The maximum absolute atomic E-state index is 12.5. The molecule has 0 bridgehead atoms. The first-order valence-corrected chi connectivity index (χ1v) is 8.54. The third kappa shape index (κ3) is 4.31. The minimum absolute atomic E-state index is 0.0365. The van der Waals surface area contributed by atoms with Crippen LogP contribution in [0.2, 0.25) is 0 Å². The lowest BCUT2D eigenvalue weighted by molar-refractivity contribution is 0.191. The van der Waals surface area contributed by atoms with E-state index in [-0.39, 0.29) is 12.1 Å². The molecule has 0 saturated carbocycles. The Kier molecular flexibility index (Phi) is 5.95. The number of aryl methyl sites for hydroxylation is 1. The SMILES string of the molecule is CCCN(Cc1ccsc1)C(=O)N[C@H](C)c1ncccc1C. The van der Waals surface area contributed by atoms with Gasteiger partial charge in [-0.3, -0.25) is 4.98 Å². The number of nitrogens with one attached hydrogen (secondary N) is 1. The van der Waals surface area contributed by atoms with E-state index in [1.807, 2.05) is 36.3 Å². The van der Waals surface area contributed by atoms with Crippen LogP contribution in [0.4, 0.5) is 4.79 Å². The second-order valence-corrected chi connectivity index (χ2v) is 6.21. The zero-order valence-corrected chi connectivity index (χ0v) is 14.2. The van der Waals surface area contributed by atoms with Crippen LogP contribution >= 0.6 is 11.3 Å². The van der Waals surface area contributed by atoms with Gasteiger partial charge in [-0.1, -0.05) is 13.0 Å². The minimum Gasteiger partial charge on any atom is -0.330 e. The molecule has 2 aromatic heterocycles. The fraction of sp³-hybridized carbons (Fsp3) is 0.412. The van der Waals surface area contributed by atoms with E-state index in [1.165, 1.54) is 5.56 Å². The van der Waals surface area contributed by atoms with Crippen molar-refractivity contribution in [3.63, 3.8) is 0 Å². The third-order valence-electron chi connectivity index (χ3n) is 3.53. The fourth-order valence-electron chi connectivity index (χ4n) is 2.42. The lowest BCUT2D eigenvalue weighted by Gasteiger charge is -2.25. The highest BCUT2D eigenvalue weighted by Gasteiger charge is 2.18. The summed E-state index contributed by atoms with van der Waals surface area (Å²) >= 11 is 1.66. The van der Waals surface area contributed by atoms with E-state index in [2.05, 4.69) is 28.7 Å². The Bertz CT molecular complexity index is 598. The van der Waals surface area contributed by atoms with E-state index in [9.17, 15) is 4.79 Å². The molecule has 5 heteroatoms. The van der Waals surface area contributed by atoms with Crippen LogP contribution in [0.1, 0.15) is 43.1 Å². The van der Waals surface area contributed by atoms with Crippen molar-refractivity contribution in [1.82, 2.24) is 15.2 Å². The summed E-state index contributed by atoms with van der Waals surface area (Å²) in [7, 11) is 0. The number of hydrogen-bond donors (Lipinski definition) is 1. The maximum atomic E-state index is 12.5. The molecule has 118 valence electrons. The normalized spacial score (nSPS) is 12.0. The zero-order chi connectivity index (χ0) is 15.9. The smallest absolute Gasteiger partial charge is 0.318 e. The van der Waals surface area contributed by atoms with Crippen molar-refractivity contribution in [3.8, 4) is 0 Å². The Labute approximate surface area is 136 Å². The summed E-state index contributed by atoms with van der Waals surface area (Å²) in [4.78, 5) is 18.8. The summed E-state index contributed by atoms with van der Waals surface area (Å²) in [5.74, 6) is 0. The van der Waals surface area contributed by atoms with Gasteiger partial charge in [0, 0.05) is 19.3 Å². The number of rotatable bonds is 6. The Morgan fingerprint density at radius 2 is 2.27 bits per heavy atom. The van der Waals surface area contributed by atoms with E-state index >= 15 is 0 Å². The van der Waals surface area contributed by atoms with E-state index < -0.39 is 0 Å². The average molecular weight is 317 g/mol. The van der Waals surface area contributed by atoms with Crippen molar-refractivity contribution < 1.29 is 4.79 Å². The second-order valence-electron chi connectivity index (χ2n) is 5.43. The molecular formula is C17H23N3OS. The summed E-state index contributed by atoms with van der Waals surface area (Å²) in [5.41, 5.74) is 3.19. The molecule has 0 saturated heterocycles. The third-order valence-corrected chi connectivity index (χ3v) is 4.27. The number of hydrogen-bond acceptors (Lipinski definition) is 3. The Hall–Kier alpha value is -1.88. The van der Waals surface area contributed by atoms with Crippen LogP contribution in [0, 0.1) is 6.92 Å². The Morgan fingerprint density at radius 3 is 2.91 bits per heavy atom. The van der Waals surface area contributed by atoms with Gasteiger partial charge in [0.1, 0.15) is 0 Å². The molecule has 0 fully saturated rings. The number of aromatic nitrogens is 1. The molecule has 22 heavy (non-hydrogen) atoms. The lowest BCUT2D eigenvalue weighted by Crippen LogP contribution is -2.41. The molecule has 2 rings (SSSR count). The second kappa shape index (κ2) is 7.94. The van der Waals surface area contributed by atoms with Crippen molar-refractivity contribution in [3.05, 3.63) is 52.0 Å². The van der Waals surface area contributed by atoms with Gasteiger partial charge < -0.3 is 10.2 Å². The van der Waals surface area contributed by atoms with Crippen LogP contribution in [-0.4, -0.2) is 22.5 Å². The van der Waals surface area contributed by atoms with E-state index in [0.29, 0.717) is 6.54 Å². The van der Waals surface area contributed by atoms with E-state index in [4.69, 9.17) is 0 Å². The van der Waals surface area contributed by atoms with Crippen LogP contribution in [0.25, 0.3) is 0 Å². The van der Waals surface area contributed by atoms with Crippen molar-refractivity contribution in [2.45, 2.75) is 39.8 Å². The van der Waals surface area contributed by atoms with Crippen LogP contribution in [-0.2, 0) is 6.54 Å². The number of amides is 2. The topological polar surface area (TPSA) is 45.2 Å².